The summed E-state index contributed by atoms with van der Waals surface area (Å²) in [7, 11) is 0. The Morgan fingerprint density at radius 3 is 2.58 bits per heavy atom. The van der Waals surface area contributed by atoms with Crippen molar-refractivity contribution in [2.45, 2.75) is 20.0 Å². The van der Waals surface area contributed by atoms with Crippen molar-refractivity contribution in [1.82, 2.24) is 20.0 Å². The molecule has 0 aliphatic carbocycles. The van der Waals surface area contributed by atoms with Crippen LogP contribution in [0, 0.1) is 5.92 Å². The number of rotatable bonds is 2. The molecule has 0 bridgehead atoms. The second kappa shape index (κ2) is 6.50. The van der Waals surface area contributed by atoms with Gasteiger partial charge in [-0.2, -0.15) is 10.1 Å². The molecule has 0 aromatic carbocycles. The molecule has 0 saturated carbocycles. The lowest BCUT2D eigenvalue weighted by Crippen LogP contribution is -2.51. The summed E-state index contributed by atoms with van der Waals surface area (Å²) in [6.07, 6.45) is -0.224. The minimum Gasteiger partial charge on any atom is -0.337 e. The predicted molar refractivity (Wildman–Crippen MR) is 85.7 cm³/mol. The standard InChI is InChI=1S/C15H19FN6O2/c1-9(2)12-11(16)13(23)19-15(18-12)22-7-5-21(6-8-22)14(24)10-3-4-17-20-10/h3-4,9,11H,5-8H2,1-2H3,(H,17,20). The van der Waals surface area contributed by atoms with Crippen LogP contribution in [0.1, 0.15) is 24.3 Å². The summed E-state index contributed by atoms with van der Waals surface area (Å²) in [6.45, 7) is 5.49. The van der Waals surface area contributed by atoms with Crippen LogP contribution in [-0.2, 0) is 4.79 Å². The van der Waals surface area contributed by atoms with Crippen LogP contribution in [0.5, 0.6) is 0 Å². The Morgan fingerprint density at radius 1 is 1.29 bits per heavy atom. The van der Waals surface area contributed by atoms with Crippen LogP contribution in [0.2, 0.25) is 0 Å². The number of amides is 2. The fraction of sp³-hybridized carbons (Fsp3) is 0.533. The van der Waals surface area contributed by atoms with Crippen LogP contribution in [0.25, 0.3) is 0 Å². The normalized spacial score (nSPS) is 21.8. The highest BCUT2D eigenvalue weighted by atomic mass is 19.1. The van der Waals surface area contributed by atoms with Crippen molar-refractivity contribution in [3.05, 3.63) is 18.0 Å². The molecule has 0 radical (unpaired) electrons. The highest BCUT2D eigenvalue weighted by Gasteiger charge is 2.33. The minimum absolute atomic E-state index is 0.121. The number of hydrogen-bond donors (Lipinski definition) is 1. The first-order valence-corrected chi connectivity index (χ1v) is 7.86. The number of hydrogen-bond acceptors (Lipinski definition) is 5. The van der Waals surface area contributed by atoms with E-state index >= 15 is 0 Å². The Morgan fingerprint density at radius 2 is 2.00 bits per heavy atom. The molecule has 1 saturated heterocycles. The molecule has 3 rings (SSSR count). The van der Waals surface area contributed by atoms with E-state index in [2.05, 4.69) is 20.2 Å². The monoisotopic (exact) mass is 334 g/mol. The van der Waals surface area contributed by atoms with Gasteiger partial charge in [-0.25, -0.2) is 9.38 Å². The fourth-order valence-corrected chi connectivity index (χ4v) is 2.70. The largest absolute Gasteiger partial charge is 0.337 e. The quantitative estimate of drug-likeness (QED) is 0.852. The third-order valence-electron chi connectivity index (χ3n) is 4.09. The van der Waals surface area contributed by atoms with Crippen molar-refractivity contribution in [3.8, 4) is 0 Å². The number of aromatic amines is 1. The molecule has 8 nitrogen and oxygen atoms in total. The number of alkyl halides is 1. The van der Waals surface area contributed by atoms with Crippen LogP contribution in [0.3, 0.4) is 0 Å². The Labute approximate surface area is 138 Å². The molecule has 1 aromatic heterocycles. The van der Waals surface area contributed by atoms with E-state index in [-0.39, 0.29) is 23.5 Å². The van der Waals surface area contributed by atoms with Crippen molar-refractivity contribution in [3.63, 3.8) is 0 Å². The van der Waals surface area contributed by atoms with Crippen LogP contribution >= 0.6 is 0 Å². The van der Waals surface area contributed by atoms with Crippen molar-refractivity contribution in [1.29, 1.82) is 0 Å². The Bertz CT molecular complexity index is 689. The van der Waals surface area contributed by atoms with Crippen LogP contribution in [0.15, 0.2) is 22.2 Å². The smallest absolute Gasteiger partial charge is 0.289 e. The van der Waals surface area contributed by atoms with Gasteiger partial charge >= 0.3 is 0 Å². The fourth-order valence-electron chi connectivity index (χ4n) is 2.70. The van der Waals surface area contributed by atoms with Crippen LogP contribution in [0.4, 0.5) is 4.39 Å². The van der Waals surface area contributed by atoms with Gasteiger partial charge < -0.3 is 9.80 Å². The molecule has 1 unspecified atom stereocenters. The molecular weight excluding hydrogens is 315 g/mol. The lowest BCUT2D eigenvalue weighted by atomic mass is 10.0. The number of nitrogens with one attached hydrogen (secondary N) is 1. The van der Waals surface area contributed by atoms with Gasteiger partial charge in [-0.05, 0) is 12.0 Å². The maximum Gasteiger partial charge on any atom is 0.289 e. The minimum atomic E-state index is -1.75. The molecule has 1 N–H and O–H groups in total. The van der Waals surface area contributed by atoms with Gasteiger partial charge in [-0.1, -0.05) is 13.8 Å². The summed E-state index contributed by atoms with van der Waals surface area (Å²) < 4.78 is 13.9. The van der Waals surface area contributed by atoms with Gasteiger partial charge in [-0.3, -0.25) is 14.7 Å². The molecule has 1 fully saturated rings. The summed E-state index contributed by atoms with van der Waals surface area (Å²) in [5, 5.41) is 6.42. The lowest BCUT2D eigenvalue weighted by molar-refractivity contribution is -0.120. The topological polar surface area (TPSA) is 94.0 Å². The number of carbonyl (C=O) groups excluding carboxylic acids is 2. The number of piperazine rings is 1. The molecule has 3 heterocycles. The Hall–Kier alpha value is -2.58. The third-order valence-corrected chi connectivity index (χ3v) is 4.09. The van der Waals surface area contributed by atoms with E-state index in [9.17, 15) is 14.0 Å². The number of carbonyl (C=O) groups is 2. The SMILES string of the molecule is CC(C)C1=NC(N2CCN(C(=O)c3ccn[nH]3)CC2)=NC(=O)C1F. The Balaban J connectivity index is 1.67. The summed E-state index contributed by atoms with van der Waals surface area (Å²) in [5.41, 5.74) is 0.648. The second-order valence-corrected chi connectivity index (χ2v) is 6.05. The molecule has 2 amide bonds. The zero-order valence-electron chi connectivity index (χ0n) is 13.6. The first-order chi connectivity index (χ1) is 11.5. The van der Waals surface area contributed by atoms with Crippen molar-refractivity contribution < 1.29 is 14.0 Å². The molecule has 2 aliphatic heterocycles. The highest BCUT2D eigenvalue weighted by Crippen LogP contribution is 2.16. The van der Waals surface area contributed by atoms with Crippen molar-refractivity contribution in [2.75, 3.05) is 26.2 Å². The highest BCUT2D eigenvalue weighted by molar-refractivity contribution is 6.18. The van der Waals surface area contributed by atoms with Crippen molar-refractivity contribution in [2.24, 2.45) is 15.9 Å². The first kappa shape index (κ1) is 16.3. The molecular formula is C15H19FN6O2. The summed E-state index contributed by atoms with van der Waals surface area (Å²) in [5.74, 6) is -0.854. The molecule has 1 aromatic rings. The maximum atomic E-state index is 13.9. The van der Waals surface area contributed by atoms with Gasteiger partial charge in [0.05, 0.1) is 5.71 Å². The number of halogens is 1. The molecule has 9 heteroatoms. The Kier molecular flexibility index (Phi) is 4.41. The van der Waals surface area contributed by atoms with Crippen LogP contribution in [-0.4, -0.2) is 75.8 Å². The van der Waals surface area contributed by atoms with E-state index < -0.39 is 12.1 Å². The van der Waals surface area contributed by atoms with E-state index in [0.717, 1.165) is 0 Å². The first-order valence-electron chi connectivity index (χ1n) is 7.86. The van der Waals surface area contributed by atoms with Gasteiger partial charge in [0.25, 0.3) is 11.8 Å². The van der Waals surface area contributed by atoms with Gasteiger partial charge in [0.2, 0.25) is 12.1 Å². The van der Waals surface area contributed by atoms with Gasteiger partial charge in [-0.15, -0.1) is 0 Å². The number of H-pyrrole nitrogens is 1. The number of aromatic nitrogens is 2. The number of aliphatic imine (C=N–C) groups is 2. The second-order valence-electron chi connectivity index (χ2n) is 6.05. The van der Waals surface area contributed by atoms with E-state index in [4.69, 9.17) is 0 Å². The van der Waals surface area contributed by atoms with Gasteiger partial charge in [0.1, 0.15) is 5.69 Å². The maximum absolute atomic E-state index is 13.9. The zero-order chi connectivity index (χ0) is 17.3. The average Bonchev–Trinajstić information content (AvgIpc) is 3.11. The molecule has 2 aliphatic rings. The van der Waals surface area contributed by atoms with Crippen LogP contribution < -0.4 is 0 Å². The summed E-state index contributed by atoms with van der Waals surface area (Å²) in [6, 6.07) is 1.62. The summed E-state index contributed by atoms with van der Waals surface area (Å²) in [4.78, 5) is 35.5. The zero-order valence-corrected chi connectivity index (χ0v) is 13.6. The summed E-state index contributed by atoms with van der Waals surface area (Å²) >= 11 is 0. The van der Waals surface area contributed by atoms with E-state index in [1.807, 2.05) is 4.90 Å². The number of guanidine groups is 1. The molecule has 0 spiro atoms. The third kappa shape index (κ3) is 3.06. The van der Waals surface area contributed by atoms with E-state index in [1.165, 1.54) is 6.20 Å². The van der Waals surface area contributed by atoms with Crippen molar-refractivity contribution >= 4 is 23.5 Å². The average molecular weight is 334 g/mol. The van der Waals surface area contributed by atoms with Gasteiger partial charge in [0.15, 0.2) is 0 Å². The molecule has 1 atom stereocenters. The van der Waals surface area contributed by atoms with E-state index in [1.54, 1.807) is 24.8 Å². The number of nitrogens with zero attached hydrogens (tertiary/aromatic N) is 5. The van der Waals surface area contributed by atoms with Gasteiger partial charge in [0, 0.05) is 32.4 Å². The molecule has 24 heavy (non-hydrogen) atoms. The lowest BCUT2D eigenvalue weighted by Gasteiger charge is -2.35. The molecule has 128 valence electrons. The van der Waals surface area contributed by atoms with E-state index in [0.29, 0.717) is 31.9 Å². The predicted octanol–water partition coefficient (Wildman–Crippen LogP) is 0.499.